The second-order valence-corrected chi connectivity index (χ2v) is 7.78. The molecule has 0 saturated heterocycles. The van der Waals surface area contributed by atoms with E-state index in [1.165, 1.54) is 0 Å². The smallest absolute Gasteiger partial charge is 0.251 e. The second kappa shape index (κ2) is 8.86. The van der Waals surface area contributed by atoms with Gasteiger partial charge in [-0.05, 0) is 36.1 Å². The van der Waals surface area contributed by atoms with Gasteiger partial charge in [0, 0.05) is 11.8 Å². The molecule has 0 saturated carbocycles. The second-order valence-electron chi connectivity index (χ2n) is 7.78. The Morgan fingerprint density at radius 2 is 1.55 bits per heavy atom. The van der Waals surface area contributed by atoms with Crippen molar-refractivity contribution in [1.82, 2.24) is 25.2 Å². The van der Waals surface area contributed by atoms with Crippen molar-refractivity contribution in [3.8, 4) is 0 Å². The summed E-state index contributed by atoms with van der Waals surface area (Å²) in [6, 6.07) is 13.5. The first-order valence-electron chi connectivity index (χ1n) is 9.84. The van der Waals surface area contributed by atoms with Gasteiger partial charge in [-0.3, -0.25) is 14.0 Å². The molecule has 0 radical (unpaired) electrons. The summed E-state index contributed by atoms with van der Waals surface area (Å²) in [6.45, 7) is 7.85. The van der Waals surface area contributed by atoms with E-state index in [9.17, 15) is 9.59 Å². The number of aromatic nitrogens is 3. The predicted octanol–water partition coefficient (Wildman–Crippen LogP) is 3.00. The van der Waals surface area contributed by atoms with E-state index >= 15 is 0 Å². The van der Waals surface area contributed by atoms with Gasteiger partial charge in [0.1, 0.15) is 6.04 Å². The van der Waals surface area contributed by atoms with Crippen molar-refractivity contribution < 1.29 is 9.59 Å². The van der Waals surface area contributed by atoms with Crippen LogP contribution in [0.4, 0.5) is 0 Å². The van der Waals surface area contributed by atoms with Crippen LogP contribution in [0, 0.1) is 11.8 Å². The molecule has 2 atom stereocenters. The molecule has 7 heteroatoms. The zero-order valence-corrected chi connectivity index (χ0v) is 17.2. The van der Waals surface area contributed by atoms with Gasteiger partial charge in [-0.25, -0.2) is 0 Å². The first-order chi connectivity index (χ1) is 13.9. The van der Waals surface area contributed by atoms with Crippen LogP contribution in [0.15, 0.2) is 54.7 Å². The number of rotatable bonds is 7. The van der Waals surface area contributed by atoms with Crippen LogP contribution < -0.4 is 10.6 Å². The fraction of sp³-hybridized carbons (Fsp3) is 0.364. The van der Waals surface area contributed by atoms with Crippen LogP contribution in [0.3, 0.4) is 0 Å². The lowest BCUT2D eigenvalue weighted by Crippen LogP contribution is -2.51. The molecule has 29 heavy (non-hydrogen) atoms. The lowest BCUT2D eigenvalue weighted by atomic mass is 9.99. The normalized spacial score (nSPS) is 13.4. The molecule has 1 unspecified atom stereocenters. The van der Waals surface area contributed by atoms with Crippen LogP contribution >= 0.6 is 0 Å². The molecule has 3 aromatic rings. The van der Waals surface area contributed by atoms with Crippen molar-refractivity contribution in [2.45, 2.75) is 39.8 Å². The minimum atomic E-state index is -0.664. The van der Waals surface area contributed by atoms with E-state index in [4.69, 9.17) is 0 Å². The maximum atomic E-state index is 13.1. The molecule has 2 amide bonds. The van der Waals surface area contributed by atoms with Crippen LogP contribution in [-0.4, -0.2) is 32.5 Å². The van der Waals surface area contributed by atoms with Crippen molar-refractivity contribution in [3.05, 3.63) is 66.1 Å². The molecule has 0 bridgehead atoms. The summed E-state index contributed by atoms with van der Waals surface area (Å²) in [7, 11) is 0. The van der Waals surface area contributed by atoms with Gasteiger partial charge in [0.2, 0.25) is 5.91 Å². The largest absolute Gasteiger partial charge is 0.344 e. The maximum Gasteiger partial charge on any atom is 0.251 e. The van der Waals surface area contributed by atoms with Crippen LogP contribution in [0.25, 0.3) is 5.65 Å². The number of hydrogen-bond acceptors (Lipinski definition) is 4. The summed E-state index contributed by atoms with van der Waals surface area (Å²) in [6.07, 6.45) is 1.88. The molecule has 0 fully saturated rings. The van der Waals surface area contributed by atoms with E-state index in [1.54, 1.807) is 24.3 Å². The highest BCUT2D eigenvalue weighted by Gasteiger charge is 2.30. The lowest BCUT2D eigenvalue weighted by molar-refractivity contribution is -0.125. The average molecular weight is 393 g/mol. The van der Waals surface area contributed by atoms with Crippen molar-refractivity contribution in [3.63, 3.8) is 0 Å². The topological polar surface area (TPSA) is 88.4 Å². The third-order valence-corrected chi connectivity index (χ3v) is 4.85. The number of hydrogen-bond donors (Lipinski definition) is 2. The highest BCUT2D eigenvalue weighted by atomic mass is 16.2. The van der Waals surface area contributed by atoms with E-state index in [1.807, 2.05) is 62.6 Å². The zero-order chi connectivity index (χ0) is 21.0. The van der Waals surface area contributed by atoms with E-state index in [0.29, 0.717) is 11.4 Å². The van der Waals surface area contributed by atoms with Gasteiger partial charge in [0.15, 0.2) is 11.5 Å². The number of amides is 2. The van der Waals surface area contributed by atoms with Crippen LogP contribution in [0.1, 0.15) is 49.9 Å². The Hall–Kier alpha value is -3.22. The number of fused-ring (bicyclic) bond motifs is 1. The number of benzene rings is 1. The Morgan fingerprint density at radius 3 is 2.21 bits per heavy atom. The SMILES string of the molecule is CC(C)C(NC(=O)c1ccccc1)C(=O)N[C@H](c1nnc2ccccn12)C(C)C. The van der Waals surface area contributed by atoms with Gasteiger partial charge in [-0.15, -0.1) is 10.2 Å². The number of nitrogens with one attached hydrogen (secondary N) is 2. The summed E-state index contributed by atoms with van der Waals surface area (Å²) < 4.78 is 1.87. The Bertz CT molecular complexity index is 981. The van der Waals surface area contributed by atoms with Crippen LogP contribution in [0.5, 0.6) is 0 Å². The maximum absolute atomic E-state index is 13.1. The van der Waals surface area contributed by atoms with Crippen LogP contribution in [0.2, 0.25) is 0 Å². The molecule has 2 heterocycles. The Kier molecular flexibility index (Phi) is 6.26. The van der Waals surface area contributed by atoms with Gasteiger partial charge < -0.3 is 10.6 Å². The fourth-order valence-electron chi connectivity index (χ4n) is 3.19. The summed E-state index contributed by atoms with van der Waals surface area (Å²) >= 11 is 0. The van der Waals surface area contributed by atoms with E-state index in [0.717, 1.165) is 5.65 Å². The first-order valence-corrected chi connectivity index (χ1v) is 9.84. The molecular formula is C22H27N5O2. The van der Waals surface area contributed by atoms with Gasteiger partial charge in [0.05, 0.1) is 6.04 Å². The van der Waals surface area contributed by atoms with Crippen molar-refractivity contribution in [2.24, 2.45) is 11.8 Å². The number of nitrogens with zero attached hydrogens (tertiary/aromatic N) is 3. The van der Waals surface area contributed by atoms with Gasteiger partial charge >= 0.3 is 0 Å². The van der Waals surface area contributed by atoms with Gasteiger partial charge in [0.25, 0.3) is 5.91 Å². The molecule has 152 valence electrons. The zero-order valence-electron chi connectivity index (χ0n) is 17.2. The molecular weight excluding hydrogens is 366 g/mol. The van der Waals surface area contributed by atoms with Crippen molar-refractivity contribution in [1.29, 1.82) is 0 Å². The highest BCUT2D eigenvalue weighted by Crippen LogP contribution is 2.21. The highest BCUT2D eigenvalue weighted by molar-refractivity contribution is 5.97. The molecule has 3 rings (SSSR count). The minimum Gasteiger partial charge on any atom is -0.344 e. The molecule has 0 aliphatic heterocycles. The minimum absolute atomic E-state index is 0.0781. The third-order valence-electron chi connectivity index (χ3n) is 4.85. The number of carbonyl (C=O) groups is 2. The molecule has 2 N–H and O–H groups in total. The molecule has 0 spiro atoms. The van der Waals surface area contributed by atoms with Gasteiger partial charge in [-0.2, -0.15) is 0 Å². The van der Waals surface area contributed by atoms with E-state index < -0.39 is 6.04 Å². The van der Waals surface area contributed by atoms with Crippen molar-refractivity contribution >= 4 is 17.5 Å². The molecule has 7 nitrogen and oxygen atoms in total. The number of carbonyl (C=O) groups excluding carboxylic acids is 2. The average Bonchev–Trinajstić information content (AvgIpc) is 3.14. The Morgan fingerprint density at radius 1 is 0.862 bits per heavy atom. The number of pyridine rings is 1. The lowest BCUT2D eigenvalue weighted by Gasteiger charge is -2.26. The van der Waals surface area contributed by atoms with Crippen molar-refractivity contribution in [2.75, 3.05) is 0 Å². The predicted molar refractivity (Wildman–Crippen MR) is 111 cm³/mol. The van der Waals surface area contributed by atoms with Gasteiger partial charge in [-0.1, -0.05) is 52.0 Å². The third kappa shape index (κ3) is 4.62. The van der Waals surface area contributed by atoms with E-state index in [-0.39, 0.29) is 29.7 Å². The summed E-state index contributed by atoms with van der Waals surface area (Å²) in [5.74, 6) is 0.166. The van der Waals surface area contributed by atoms with Crippen LogP contribution in [-0.2, 0) is 4.79 Å². The Labute approximate surface area is 170 Å². The Balaban J connectivity index is 1.81. The molecule has 1 aromatic carbocycles. The molecule has 0 aliphatic rings. The summed E-state index contributed by atoms with van der Waals surface area (Å²) in [4.78, 5) is 25.7. The molecule has 2 aromatic heterocycles. The quantitative estimate of drug-likeness (QED) is 0.646. The fourth-order valence-corrected chi connectivity index (χ4v) is 3.19. The first kappa shape index (κ1) is 20.5. The monoisotopic (exact) mass is 393 g/mol. The summed E-state index contributed by atoms with van der Waals surface area (Å²) in [5, 5.41) is 14.4. The van der Waals surface area contributed by atoms with E-state index in [2.05, 4.69) is 20.8 Å². The standard InChI is InChI=1S/C22H27N5O2/c1-14(2)18(20-26-25-17-12-8-9-13-27(17)20)23-22(29)19(15(3)4)24-21(28)16-10-6-5-7-11-16/h5-15,18-19H,1-4H3,(H,23,29)(H,24,28)/t18-,19?/m0/s1. The molecule has 0 aliphatic carbocycles. The summed E-state index contributed by atoms with van der Waals surface area (Å²) in [5.41, 5.74) is 1.25.